The molecule has 80 heavy (non-hydrogen) atoms. The van der Waals surface area contributed by atoms with Crippen molar-refractivity contribution >= 4 is 78.6 Å². The number of nitrogens with zero attached hydrogens (tertiary/aromatic N) is 13. The van der Waals surface area contributed by atoms with Crippen molar-refractivity contribution in [2.75, 3.05) is 0 Å². The summed E-state index contributed by atoms with van der Waals surface area (Å²) in [5.74, 6) is 3.76. The second kappa shape index (κ2) is 18.1. The first-order valence-electron chi connectivity index (χ1n) is 26.2. The fourth-order valence-electron chi connectivity index (χ4n) is 11.3. The van der Waals surface area contributed by atoms with Crippen LogP contribution in [-0.4, -0.2) is 72.3 Å². The molecule has 7 aromatic heterocycles. The summed E-state index contributed by atoms with van der Waals surface area (Å²) in [6.07, 6.45) is 7.22. The molecule has 0 saturated heterocycles. The highest BCUT2D eigenvalue weighted by atomic mass is 28.3. The van der Waals surface area contributed by atoms with E-state index in [0.29, 0.717) is 40.6 Å². The number of pyridine rings is 3. The normalized spacial score (nSPS) is 13.8. The maximum Gasteiger partial charge on any atom is 0.259 e. The van der Waals surface area contributed by atoms with E-state index in [0.717, 1.165) is 104 Å². The Morgan fingerprint density at radius 2 is 0.713 bits per heavy atom. The van der Waals surface area contributed by atoms with E-state index in [-0.39, 0.29) is 0 Å². The molecule has 15 aromatic rings. The van der Waals surface area contributed by atoms with Gasteiger partial charge in [-0.25, -0.2) is 39.9 Å². The molecule has 0 spiro atoms. The number of para-hydroxylation sites is 7. The highest BCUT2D eigenvalue weighted by Crippen LogP contribution is 2.37. The molecule has 0 radical (unpaired) electrons. The van der Waals surface area contributed by atoms with Gasteiger partial charge in [0.05, 0.1) is 44.8 Å². The van der Waals surface area contributed by atoms with E-state index in [1.165, 1.54) is 5.19 Å². The van der Waals surface area contributed by atoms with Crippen molar-refractivity contribution in [2.24, 2.45) is 0 Å². The number of fused-ring (bicyclic) bond motifs is 9. The zero-order valence-electron chi connectivity index (χ0n) is 42.3. The predicted molar refractivity (Wildman–Crippen MR) is 316 cm³/mol. The molecule has 372 valence electrons. The molecule has 0 fully saturated rings. The van der Waals surface area contributed by atoms with Gasteiger partial charge in [-0.15, -0.1) is 0 Å². The van der Waals surface area contributed by atoms with Crippen molar-refractivity contribution in [3.63, 3.8) is 0 Å². The molecule has 8 heterocycles. The van der Waals surface area contributed by atoms with Gasteiger partial charge >= 0.3 is 0 Å². The smallest absolute Gasteiger partial charge is 0.259 e. The maximum atomic E-state index is 5.41. The van der Waals surface area contributed by atoms with Gasteiger partial charge in [0.1, 0.15) is 11.5 Å². The van der Waals surface area contributed by atoms with Crippen molar-refractivity contribution in [3.8, 4) is 79.8 Å². The number of hydrogen-bond acceptors (Lipinski definition) is 12. The van der Waals surface area contributed by atoms with Crippen LogP contribution in [-0.2, 0) is 0 Å². The fourth-order valence-corrected chi connectivity index (χ4v) is 16.4. The van der Waals surface area contributed by atoms with Crippen molar-refractivity contribution in [1.82, 2.24) is 64.0 Å². The first-order valence-corrected chi connectivity index (χ1v) is 28.1. The van der Waals surface area contributed by atoms with Gasteiger partial charge in [-0.3, -0.25) is 19.9 Å². The van der Waals surface area contributed by atoms with Crippen LogP contribution in [0, 0.1) is 0 Å². The quantitative estimate of drug-likeness (QED) is 0.133. The highest BCUT2D eigenvalue weighted by Gasteiger charge is 2.51. The molecule has 1 unspecified atom stereocenters. The Balaban J connectivity index is 0.919. The Labute approximate surface area is 457 Å². The van der Waals surface area contributed by atoms with E-state index in [4.69, 9.17) is 59.8 Å². The molecule has 0 saturated carbocycles. The third-order valence-corrected chi connectivity index (χ3v) is 19.7. The van der Waals surface area contributed by atoms with Crippen LogP contribution in [0.3, 0.4) is 0 Å². The first-order chi connectivity index (χ1) is 39.6. The summed E-state index contributed by atoms with van der Waals surface area (Å²) in [5, 5.41) is 6.31. The lowest BCUT2D eigenvalue weighted by Gasteiger charge is -2.32. The second-order valence-electron chi connectivity index (χ2n) is 19.8. The Bertz CT molecular complexity index is 4580. The molecule has 1 aliphatic heterocycles. The molecule has 0 amide bonds. The lowest BCUT2D eigenvalue weighted by molar-refractivity contribution is 1.06. The van der Waals surface area contributed by atoms with Crippen molar-refractivity contribution in [3.05, 3.63) is 237 Å². The van der Waals surface area contributed by atoms with Gasteiger partial charge in [0.25, 0.3) is 8.24 Å². The molecule has 1 aliphatic rings. The van der Waals surface area contributed by atoms with E-state index in [9.17, 15) is 0 Å². The van der Waals surface area contributed by atoms with Gasteiger partial charge < -0.3 is 4.23 Å². The van der Waals surface area contributed by atoms with E-state index in [1.807, 2.05) is 104 Å². The van der Waals surface area contributed by atoms with E-state index >= 15 is 0 Å². The minimum absolute atomic E-state index is 0.394. The van der Waals surface area contributed by atoms with E-state index in [2.05, 4.69) is 132 Å². The van der Waals surface area contributed by atoms with Gasteiger partial charge in [0.2, 0.25) is 0 Å². The van der Waals surface area contributed by atoms with E-state index < -0.39 is 8.24 Å². The van der Waals surface area contributed by atoms with Gasteiger partial charge in [-0.05, 0) is 88.4 Å². The predicted octanol–water partition coefficient (Wildman–Crippen LogP) is 11.5. The number of aromatic nitrogens is 13. The maximum absolute atomic E-state index is 5.41. The molecule has 16 rings (SSSR count). The number of imidazole rings is 1. The standard InChI is InChI=1S/C66H39N13Si/c1-5-23-51-40(15-1)31-45(36-67-51)62-73-60(74-63(76-62)46-32-41-16-2-6-24-52(41)68-37-46)43-18-13-20-48(34-43)80(59-30-12-4-22-50(59)66-72-56-28-10-11-29-58(56)79(66)80)49-21-14-19-44(35-49)61-75-64(47-33-42-17-3-7-25-53(42)69-38-47)78-65(77-61)57-39-70-54-26-8-9-27-55(54)71-57/h1-39H. The molecular formula is C66H39N13Si. The highest BCUT2D eigenvalue weighted by molar-refractivity contribution is 7.12. The van der Waals surface area contributed by atoms with Crippen molar-refractivity contribution in [1.29, 1.82) is 0 Å². The SMILES string of the molecule is c1cc(-c2nc(-c3cnc4ccccc4c3)nc(-c3cnc4ccccc4c3)n2)cc([Si]2(c3cccc(-c4nc(-c5cnc6ccccc6c5)nc(-c5cnc6ccccc6n5)n4)c3)c3ccccc3-c3nc4ccccc4n32)c1. The van der Waals surface area contributed by atoms with Crippen LogP contribution in [0.5, 0.6) is 0 Å². The van der Waals surface area contributed by atoms with Crippen LogP contribution < -0.4 is 15.6 Å². The van der Waals surface area contributed by atoms with Gasteiger partial charge in [0.15, 0.2) is 34.9 Å². The molecule has 0 N–H and O–H groups in total. The fraction of sp³-hybridized carbons (Fsp3) is 0. The van der Waals surface area contributed by atoms with Crippen LogP contribution in [0.2, 0.25) is 0 Å². The molecule has 14 heteroatoms. The van der Waals surface area contributed by atoms with Crippen molar-refractivity contribution < 1.29 is 0 Å². The molecule has 0 bridgehead atoms. The molecule has 8 aromatic carbocycles. The Kier molecular flexibility index (Phi) is 10.2. The summed E-state index contributed by atoms with van der Waals surface area (Å²) >= 11 is 0. The summed E-state index contributed by atoms with van der Waals surface area (Å²) in [7, 11) is -3.44. The van der Waals surface area contributed by atoms with Gasteiger partial charge in [-0.1, -0.05) is 140 Å². The summed E-state index contributed by atoms with van der Waals surface area (Å²) in [6, 6.07) is 72.7. The summed E-state index contributed by atoms with van der Waals surface area (Å²) in [6.45, 7) is 0. The van der Waals surface area contributed by atoms with Gasteiger partial charge in [-0.2, -0.15) is 0 Å². The second-order valence-corrected chi connectivity index (χ2v) is 23.3. The topological polar surface area (TPSA) is 160 Å². The van der Waals surface area contributed by atoms with Crippen LogP contribution in [0.25, 0.3) is 135 Å². The van der Waals surface area contributed by atoms with Crippen LogP contribution in [0.1, 0.15) is 0 Å². The average molecular weight is 1040 g/mol. The zero-order valence-corrected chi connectivity index (χ0v) is 43.3. The molecule has 0 aliphatic carbocycles. The Morgan fingerprint density at radius 3 is 1.26 bits per heavy atom. The van der Waals surface area contributed by atoms with E-state index in [1.54, 1.807) is 6.20 Å². The largest absolute Gasteiger partial charge is 0.339 e. The first kappa shape index (κ1) is 45.3. The molecular weight excluding hydrogens is 1000 g/mol. The third-order valence-electron chi connectivity index (χ3n) is 15.0. The van der Waals surface area contributed by atoms with Gasteiger partial charge in [0, 0.05) is 68.1 Å². The Hall–Kier alpha value is -11.0. The summed E-state index contributed by atoms with van der Waals surface area (Å²) < 4.78 is 2.52. The Morgan fingerprint density at radius 1 is 0.287 bits per heavy atom. The number of rotatable bonds is 8. The summed E-state index contributed by atoms with van der Waals surface area (Å²) in [4.78, 5) is 61.0. The minimum Gasteiger partial charge on any atom is -0.339 e. The number of hydrogen-bond donors (Lipinski definition) is 0. The monoisotopic (exact) mass is 1040 g/mol. The third kappa shape index (κ3) is 7.38. The molecule has 1 atom stereocenters. The number of benzene rings is 8. The van der Waals surface area contributed by atoms with Crippen LogP contribution in [0.15, 0.2) is 237 Å². The lowest BCUT2D eigenvalue weighted by atomic mass is 10.1. The summed E-state index contributed by atoms with van der Waals surface area (Å²) in [5.41, 5.74) is 11.6. The zero-order chi connectivity index (χ0) is 52.7. The lowest BCUT2D eigenvalue weighted by Crippen LogP contribution is -2.70. The van der Waals surface area contributed by atoms with Crippen molar-refractivity contribution in [2.45, 2.75) is 0 Å². The minimum atomic E-state index is -3.44. The van der Waals surface area contributed by atoms with Crippen LogP contribution in [0.4, 0.5) is 0 Å². The average Bonchev–Trinajstić information content (AvgIpc) is 4.16. The van der Waals surface area contributed by atoms with Crippen LogP contribution >= 0.6 is 0 Å². The molecule has 13 nitrogen and oxygen atoms in total.